The minimum Gasteiger partial charge on any atom is -0.368 e. The first-order valence-corrected chi connectivity index (χ1v) is 19.2. The molecule has 0 radical (unpaired) electrons. The maximum absolute atomic E-state index is 14.7. The number of unbranched alkanes of at least 4 members (excludes halogenated alkanes) is 1. The predicted molar refractivity (Wildman–Crippen MR) is 201 cm³/mol. The van der Waals surface area contributed by atoms with Crippen molar-refractivity contribution in [3.05, 3.63) is 66.2 Å². The summed E-state index contributed by atoms with van der Waals surface area (Å²) in [5, 5.41) is 6.15. The van der Waals surface area contributed by atoms with Gasteiger partial charge in [0.25, 0.3) is 0 Å². The Labute approximate surface area is 303 Å². The predicted octanol–water partition coefficient (Wildman–Crippen LogP) is 2.86. The number of para-hydroxylation sites is 1. The summed E-state index contributed by atoms with van der Waals surface area (Å²) in [7, 11) is 1.74. The second-order valence-electron chi connectivity index (χ2n) is 14.6. The number of Topliss-reactive ketones (excluding diaryl/α,β-unsaturated/α-hetero) is 1. The molecule has 0 bridgehead atoms. The lowest BCUT2D eigenvalue weighted by atomic mass is 9.72. The van der Waals surface area contributed by atoms with Crippen LogP contribution in [0.5, 0.6) is 0 Å². The summed E-state index contributed by atoms with van der Waals surface area (Å²) in [6.07, 6.45) is 8.33. The molecule has 6 N–H and O–H groups in total. The number of ketones is 1. The Hall–Kier alpha value is -3.80. The fourth-order valence-electron chi connectivity index (χ4n) is 8.33. The van der Waals surface area contributed by atoms with Crippen molar-refractivity contribution in [1.82, 2.24) is 20.4 Å². The van der Waals surface area contributed by atoms with Crippen LogP contribution in [0.2, 0.25) is 0 Å². The Morgan fingerprint density at radius 2 is 1.45 bits per heavy atom. The molecule has 2 aromatic carbocycles. The number of rotatable bonds is 16. The van der Waals surface area contributed by atoms with E-state index in [9.17, 15) is 19.2 Å². The van der Waals surface area contributed by atoms with E-state index in [0.29, 0.717) is 71.4 Å². The molecule has 0 aromatic heterocycles. The number of carbonyl (C=O) groups is 4. The van der Waals surface area contributed by atoms with E-state index in [1.54, 1.807) is 11.9 Å². The average molecular weight is 702 g/mol. The Bertz CT molecular complexity index is 1410. The number of benzene rings is 2. The number of likely N-dealkylation sites (N-methyl/N-ethyl adjacent to an activating group) is 1. The summed E-state index contributed by atoms with van der Waals surface area (Å²) in [5.74, 6) is -1.43. The van der Waals surface area contributed by atoms with Crippen molar-refractivity contribution < 1.29 is 19.2 Å². The van der Waals surface area contributed by atoms with E-state index in [1.807, 2.05) is 53.4 Å². The molecule has 11 heteroatoms. The van der Waals surface area contributed by atoms with Crippen molar-refractivity contribution in [3.8, 4) is 0 Å². The SMILES string of the molecule is CN[C@@H](Cc1ccccc1)C(=O)N[C@@H](CCCCN)C(=O)N1CCC[C@H]1C(=O)C(C1CCCCC1)[C@@H](N)C(=O)N1CCN(c2ccccc2)CC1. The smallest absolute Gasteiger partial charge is 0.245 e. The van der Waals surface area contributed by atoms with Gasteiger partial charge < -0.3 is 36.8 Å². The summed E-state index contributed by atoms with van der Waals surface area (Å²) in [6, 6.07) is 17.0. The molecule has 3 amide bonds. The van der Waals surface area contributed by atoms with Gasteiger partial charge in [0, 0.05) is 44.3 Å². The molecule has 3 fully saturated rings. The highest BCUT2D eigenvalue weighted by molar-refractivity contribution is 5.98. The number of nitrogens with two attached hydrogens (primary N) is 2. The number of piperazine rings is 1. The maximum Gasteiger partial charge on any atom is 0.245 e. The van der Waals surface area contributed by atoms with Gasteiger partial charge in [-0.1, -0.05) is 67.8 Å². The lowest BCUT2D eigenvalue weighted by Gasteiger charge is -2.40. The number of amides is 3. The lowest BCUT2D eigenvalue weighted by Crippen LogP contribution is -2.60. The van der Waals surface area contributed by atoms with Gasteiger partial charge >= 0.3 is 0 Å². The van der Waals surface area contributed by atoms with Gasteiger partial charge in [-0.05, 0) is 88.6 Å². The van der Waals surface area contributed by atoms with Crippen molar-refractivity contribution in [1.29, 1.82) is 0 Å². The van der Waals surface area contributed by atoms with Gasteiger partial charge in [-0.15, -0.1) is 0 Å². The molecular weight excluding hydrogens is 642 g/mol. The largest absolute Gasteiger partial charge is 0.368 e. The van der Waals surface area contributed by atoms with E-state index in [0.717, 1.165) is 49.8 Å². The molecule has 2 aliphatic heterocycles. The molecule has 1 unspecified atom stereocenters. The summed E-state index contributed by atoms with van der Waals surface area (Å²) >= 11 is 0. The third kappa shape index (κ3) is 9.96. The number of anilines is 1. The van der Waals surface area contributed by atoms with Gasteiger partial charge in [0.15, 0.2) is 5.78 Å². The molecule has 5 rings (SSSR count). The van der Waals surface area contributed by atoms with Gasteiger partial charge in [-0.25, -0.2) is 0 Å². The van der Waals surface area contributed by atoms with Crippen LogP contribution in [0.3, 0.4) is 0 Å². The summed E-state index contributed by atoms with van der Waals surface area (Å²) in [6.45, 7) is 3.41. The van der Waals surface area contributed by atoms with Crippen molar-refractivity contribution in [2.75, 3.05) is 51.2 Å². The number of nitrogens with zero attached hydrogens (tertiary/aromatic N) is 3. The summed E-state index contributed by atoms with van der Waals surface area (Å²) in [4.78, 5) is 62.5. The molecule has 5 atom stereocenters. The molecule has 0 spiro atoms. The molecule has 2 saturated heterocycles. The zero-order valence-corrected chi connectivity index (χ0v) is 30.4. The first-order valence-electron chi connectivity index (χ1n) is 19.2. The average Bonchev–Trinajstić information content (AvgIpc) is 3.67. The molecular formula is C40H59N7O4. The first-order chi connectivity index (χ1) is 24.8. The van der Waals surface area contributed by atoms with Gasteiger partial charge in [0.1, 0.15) is 6.04 Å². The number of nitrogens with one attached hydrogen (secondary N) is 2. The molecule has 11 nitrogen and oxygen atoms in total. The molecule has 2 aromatic rings. The van der Waals surface area contributed by atoms with Crippen molar-refractivity contribution >= 4 is 29.2 Å². The highest BCUT2D eigenvalue weighted by Crippen LogP contribution is 2.36. The minimum absolute atomic E-state index is 0.00258. The topological polar surface area (TPSA) is 154 Å². The third-order valence-corrected chi connectivity index (χ3v) is 11.2. The zero-order valence-electron chi connectivity index (χ0n) is 30.4. The number of likely N-dealkylation sites (tertiary alicyclic amines) is 1. The van der Waals surface area contributed by atoms with Crippen LogP contribution in [0, 0.1) is 11.8 Å². The first kappa shape index (κ1) is 38.4. The van der Waals surface area contributed by atoms with Crippen LogP contribution >= 0.6 is 0 Å². The number of hydrogen-bond acceptors (Lipinski definition) is 8. The monoisotopic (exact) mass is 701 g/mol. The second-order valence-corrected chi connectivity index (χ2v) is 14.6. The van der Waals surface area contributed by atoms with Crippen LogP contribution in [0.4, 0.5) is 5.69 Å². The molecule has 1 saturated carbocycles. The van der Waals surface area contributed by atoms with Gasteiger partial charge in [0.2, 0.25) is 17.7 Å². The van der Waals surface area contributed by atoms with Crippen LogP contribution in [-0.2, 0) is 25.6 Å². The van der Waals surface area contributed by atoms with Crippen molar-refractivity contribution in [3.63, 3.8) is 0 Å². The molecule has 3 aliphatic rings. The van der Waals surface area contributed by atoms with Crippen LogP contribution in [-0.4, -0.2) is 104 Å². The highest BCUT2D eigenvalue weighted by atomic mass is 16.2. The van der Waals surface area contributed by atoms with E-state index >= 15 is 0 Å². The molecule has 51 heavy (non-hydrogen) atoms. The third-order valence-electron chi connectivity index (χ3n) is 11.2. The Kier molecular flexibility index (Phi) is 14.4. The van der Waals surface area contributed by atoms with Crippen LogP contribution < -0.4 is 27.0 Å². The Morgan fingerprint density at radius 1 is 0.784 bits per heavy atom. The standard InChI is InChI=1S/C40H59N7O4/c1-43-33(28-29-14-5-2-6-15-29)38(49)44-32(20-11-12-22-41)39(50)47-23-13-21-34(47)37(48)35(30-16-7-3-8-17-30)36(42)40(51)46-26-24-45(25-27-46)31-18-9-4-10-19-31/h2,4-6,9-10,14-15,18-19,30,32-36,43H,3,7-8,11-13,16-17,20-28,41-42H2,1H3,(H,44,49)/t32-,33-,34-,35?,36+/m0/s1. The molecule has 278 valence electrons. The van der Waals surface area contributed by atoms with Gasteiger partial charge in [-0.2, -0.15) is 0 Å². The van der Waals surface area contributed by atoms with E-state index in [2.05, 4.69) is 27.7 Å². The normalized spacial score (nSPS) is 20.8. The number of carbonyl (C=O) groups excluding carboxylic acids is 4. The van der Waals surface area contributed by atoms with Crippen LogP contribution in [0.15, 0.2) is 60.7 Å². The van der Waals surface area contributed by atoms with E-state index < -0.39 is 30.1 Å². The highest BCUT2D eigenvalue weighted by Gasteiger charge is 2.46. The van der Waals surface area contributed by atoms with Crippen molar-refractivity contribution in [2.45, 2.75) is 94.8 Å². The van der Waals surface area contributed by atoms with Crippen LogP contribution in [0.1, 0.15) is 69.8 Å². The lowest BCUT2D eigenvalue weighted by molar-refractivity contribution is -0.145. The molecule has 2 heterocycles. The van der Waals surface area contributed by atoms with E-state index in [-0.39, 0.29) is 29.4 Å². The van der Waals surface area contributed by atoms with Gasteiger partial charge in [0.05, 0.1) is 18.1 Å². The van der Waals surface area contributed by atoms with Crippen LogP contribution in [0.25, 0.3) is 0 Å². The summed E-state index contributed by atoms with van der Waals surface area (Å²) < 4.78 is 0. The minimum atomic E-state index is -0.962. The Balaban J connectivity index is 1.30. The maximum atomic E-state index is 14.7. The fraction of sp³-hybridized carbons (Fsp3) is 0.600. The fourth-order valence-corrected chi connectivity index (χ4v) is 8.33. The van der Waals surface area contributed by atoms with E-state index in [4.69, 9.17) is 11.5 Å². The van der Waals surface area contributed by atoms with Crippen molar-refractivity contribution in [2.24, 2.45) is 23.3 Å². The zero-order chi connectivity index (χ0) is 36.2. The van der Waals surface area contributed by atoms with Gasteiger partial charge in [-0.3, -0.25) is 19.2 Å². The second kappa shape index (κ2) is 19.2. The summed E-state index contributed by atoms with van der Waals surface area (Å²) in [5.41, 5.74) is 14.8. The number of hydrogen-bond donors (Lipinski definition) is 4. The Morgan fingerprint density at radius 3 is 2.10 bits per heavy atom. The quantitative estimate of drug-likeness (QED) is 0.195. The van der Waals surface area contributed by atoms with E-state index in [1.165, 1.54) is 0 Å². The molecule has 1 aliphatic carbocycles.